The number of rotatable bonds is 4. The van der Waals surface area contributed by atoms with Gasteiger partial charge in [-0.15, -0.1) is 0 Å². The SMILES string of the molecule is CC.[B]c1cc2c3c(c([B])n(C(=O)CC)c3c1)CC1C2=CC(C(=O)N(CC)CC)CN1C. The van der Waals surface area contributed by atoms with Gasteiger partial charge in [0.15, 0.2) is 0 Å². The Morgan fingerprint density at radius 2 is 1.78 bits per heavy atom. The van der Waals surface area contributed by atoms with Crippen molar-refractivity contribution in [1.29, 1.82) is 0 Å². The molecule has 4 rings (SSSR count). The van der Waals surface area contributed by atoms with Crippen molar-refractivity contribution in [1.82, 2.24) is 14.4 Å². The highest BCUT2D eigenvalue weighted by molar-refractivity contribution is 6.38. The number of benzene rings is 1. The summed E-state index contributed by atoms with van der Waals surface area (Å²) in [5.74, 6) is -0.0834. The van der Waals surface area contributed by atoms with Crippen LogP contribution in [-0.4, -0.2) is 74.6 Å². The molecule has 4 radical (unpaired) electrons. The first-order chi connectivity index (χ1) is 15.3. The summed E-state index contributed by atoms with van der Waals surface area (Å²) >= 11 is 0. The van der Waals surface area contributed by atoms with Crippen LogP contribution in [0.1, 0.15) is 57.0 Å². The van der Waals surface area contributed by atoms with E-state index in [-0.39, 0.29) is 23.8 Å². The van der Waals surface area contributed by atoms with Crippen LogP contribution in [0.2, 0.25) is 0 Å². The van der Waals surface area contributed by atoms with E-state index in [1.807, 2.05) is 51.7 Å². The molecule has 2 heterocycles. The van der Waals surface area contributed by atoms with Crippen LogP contribution in [0.15, 0.2) is 18.2 Å². The van der Waals surface area contributed by atoms with E-state index in [4.69, 9.17) is 15.7 Å². The molecule has 0 saturated heterocycles. The normalized spacial score (nSPS) is 19.6. The highest BCUT2D eigenvalue weighted by atomic mass is 16.2. The lowest BCUT2D eigenvalue weighted by atomic mass is 9.76. The van der Waals surface area contributed by atoms with Crippen LogP contribution in [0, 0.1) is 5.92 Å². The fraction of sp³-hybridized carbons (Fsp3) is 0.520. The van der Waals surface area contributed by atoms with Crippen molar-refractivity contribution in [3.05, 3.63) is 29.3 Å². The Balaban J connectivity index is 0.00000141. The highest BCUT2D eigenvalue weighted by Gasteiger charge is 2.38. The molecular weight excluding hydrogens is 396 g/mol. The summed E-state index contributed by atoms with van der Waals surface area (Å²) in [7, 11) is 14.8. The summed E-state index contributed by atoms with van der Waals surface area (Å²) in [6.07, 6.45) is 3.21. The molecule has 166 valence electrons. The minimum Gasteiger partial charge on any atom is -0.343 e. The van der Waals surface area contributed by atoms with Gasteiger partial charge < -0.3 is 4.90 Å². The van der Waals surface area contributed by atoms with Crippen molar-refractivity contribution in [2.24, 2.45) is 5.92 Å². The molecule has 32 heavy (non-hydrogen) atoms. The van der Waals surface area contributed by atoms with Crippen LogP contribution in [0.4, 0.5) is 0 Å². The minimum atomic E-state index is -0.198. The summed E-state index contributed by atoms with van der Waals surface area (Å²) in [5.41, 5.74) is 4.98. The number of aromatic nitrogens is 1. The van der Waals surface area contributed by atoms with Gasteiger partial charge in [0.05, 0.1) is 11.4 Å². The average molecular weight is 429 g/mol. The van der Waals surface area contributed by atoms with E-state index in [9.17, 15) is 9.59 Å². The maximum Gasteiger partial charge on any atom is 0.230 e. The number of amides is 1. The second kappa shape index (κ2) is 9.70. The van der Waals surface area contributed by atoms with Gasteiger partial charge in [-0.05, 0) is 55.7 Å². The van der Waals surface area contributed by atoms with Gasteiger partial charge in [-0.1, -0.05) is 38.4 Å². The van der Waals surface area contributed by atoms with Gasteiger partial charge in [0.1, 0.15) is 15.7 Å². The van der Waals surface area contributed by atoms with E-state index in [0.29, 0.717) is 37.1 Å². The maximum absolute atomic E-state index is 13.1. The Labute approximate surface area is 194 Å². The van der Waals surface area contributed by atoms with Gasteiger partial charge in [0.2, 0.25) is 11.8 Å². The molecule has 2 aliphatic rings. The first kappa shape index (κ1) is 24.4. The summed E-state index contributed by atoms with van der Waals surface area (Å²) in [4.78, 5) is 29.8. The highest BCUT2D eigenvalue weighted by Crippen LogP contribution is 2.40. The predicted molar refractivity (Wildman–Crippen MR) is 134 cm³/mol. The quantitative estimate of drug-likeness (QED) is 0.700. The molecule has 0 bridgehead atoms. The van der Waals surface area contributed by atoms with E-state index >= 15 is 0 Å². The molecule has 1 amide bonds. The lowest BCUT2D eigenvalue weighted by molar-refractivity contribution is -0.134. The number of likely N-dealkylation sites (N-methyl/N-ethyl adjacent to an activating group) is 1. The third kappa shape index (κ3) is 3.85. The molecule has 0 saturated carbocycles. The zero-order chi connectivity index (χ0) is 23.7. The molecule has 5 nitrogen and oxygen atoms in total. The van der Waals surface area contributed by atoms with Crippen molar-refractivity contribution >= 4 is 55.0 Å². The average Bonchev–Trinajstić information content (AvgIpc) is 3.07. The Morgan fingerprint density at radius 1 is 1.12 bits per heavy atom. The first-order valence-electron chi connectivity index (χ1n) is 11.8. The zero-order valence-electron chi connectivity index (χ0n) is 20.2. The standard InChI is InChI=1S/C23H27B2N3O2.C2H6/c1-5-20(29)28-19-10-14(24)9-16-15-8-13(23(30)27(6-2)7-3)12-26(4)18(15)11-17(21(16)19)22(28)25;1-2/h8-10,13,18H,5-7,11-12H2,1-4H3;1-2H3. The number of carbonyl (C=O) groups excluding carboxylic acids is 2. The van der Waals surface area contributed by atoms with Crippen molar-refractivity contribution in [3.8, 4) is 0 Å². The van der Waals surface area contributed by atoms with E-state index in [0.717, 1.165) is 34.0 Å². The fourth-order valence-electron chi connectivity index (χ4n) is 5.10. The van der Waals surface area contributed by atoms with Crippen molar-refractivity contribution in [2.75, 3.05) is 26.7 Å². The lowest BCUT2D eigenvalue weighted by Crippen LogP contribution is -2.48. The third-order valence-corrected chi connectivity index (χ3v) is 6.64. The molecule has 0 N–H and O–H groups in total. The molecule has 1 aliphatic heterocycles. The molecular formula is C25H33B2N3O2. The van der Waals surface area contributed by atoms with Crippen molar-refractivity contribution in [3.63, 3.8) is 0 Å². The lowest BCUT2D eigenvalue weighted by Gasteiger charge is -2.40. The minimum absolute atomic E-state index is 0.0397. The van der Waals surface area contributed by atoms with E-state index in [1.165, 1.54) is 0 Å². The van der Waals surface area contributed by atoms with Crippen LogP contribution >= 0.6 is 0 Å². The van der Waals surface area contributed by atoms with Gasteiger partial charge in [-0.2, -0.15) is 0 Å². The molecule has 1 aliphatic carbocycles. The summed E-state index contributed by atoms with van der Waals surface area (Å²) in [6.45, 7) is 11.9. The number of fused-ring (bicyclic) bond motifs is 2. The molecule has 7 heteroatoms. The molecule has 0 fully saturated rings. The van der Waals surface area contributed by atoms with E-state index < -0.39 is 0 Å². The summed E-state index contributed by atoms with van der Waals surface area (Å²) < 4.78 is 1.61. The van der Waals surface area contributed by atoms with Crippen molar-refractivity contribution < 1.29 is 9.59 Å². The fourth-order valence-corrected chi connectivity index (χ4v) is 5.10. The molecule has 0 spiro atoms. The number of hydrogen-bond donors (Lipinski definition) is 0. The maximum atomic E-state index is 13.1. The van der Waals surface area contributed by atoms with Gasteiger partial charge in [0, 0.05) is 37.5 Å². The Bertz CT molecular complexity index is 1070. The van der Waals surface area contributed by atoms with Crippen LogP contribution in [-0.2, 0) is 11.2 Å². The molecule has 2 aromatic rings. The van der Waals surface area contributed by atoms with Crippen LogP contribution < -0.4 is 11.1 Å². The van der Waals surface area contributed by atoms with E-state index in [1.54, 1.807) is 4.57 Å². The van der Waals surface area contributed by atoms with Crippen molar-refractivity contribution in [2.45, 2.75) is 53.5 Å². The summed E-state index contributed by atoms with van der Waals surface area (Å²) in [6, 6.07) is 3.90. The molecule has 2 unspecified atom stereocenters. The molecule has 1 aromatic carbocycles. The smallest absolute Gasteiger partial charge is 0.230 e. The van der Waals surface area contributed by atoms with Gasteiger partial charge in [-0.25, -0.2) is 0 Å². The van der Waals surface area contributed by atoms with Crippen LogP contribution in [0.3, 0.4) is 0 Å². The third-order valence-electron chi connectivity index (χ3n) is 6.64. The topological polar surface area (TPSA) is 45.6 Å². The van der Waals surface area contributed by atoms with E-state index in [2.05, 4.69) is 18.0 Å². The number of carbonyl (C=O) groups is 2. The predicted octanol–water partition coefficient (Wildman–Crippen LogP) is 2.04. The Kier molecular flexibility index (Phi) is 7.39. The van der Waals surface area contributed by atoms with Gasteiger partial charge in [-0.3, -0.25) is 19.1 Å². The Morgan fingerprint density at radius 3 is 2.38 bits per heavy atom. The molecule has 1 aromatic heterocycles. The second-order valence-corrected chi connectivity index (χ2v) is 8.31. The monoisotopic (exact) mass is 429 g/mol. The second-order valence-electron chi connectivity index (χ2n) is 8.31. The largest absolute Gasteiger partial charge is 0.343 e. The Hall–Kier alpha value is -2.27. The van der Waals surface area contributed by atoms with Gasteiger partial charge >= 0.3 is 0 Å². The van der Waals surface area contributed by atoms with Crippen LogP contribution in [0.5, 0.6) is 0 Å². The number of nitrogens with zero attached hydrogens (tertiary/aromatic N) is 3. The van der Waals surface area contributed by atoms with Crippen LogP contribution in [0.25, 0.3) is 16.5 Å². The molecule has 2 atom stereocenters. The first-order valence-corrected chi connectivity index (χ1v) is 11.8. The summed E-state index contributed by atoms with van der Waals surface area (Å²) in [5, 5.41) is 0.996. The van der Waals surface area contributed by atoms with Gasteiger partial charge in [0.25, 0.3) is 0 Å². The zero-order valence-corrected chi connectivity index (χ0v) is 20.2. The number of hydrogen-bond acceptors (Lipinski definition) is 3.